The highest BCUT2D eigenvalue weighted by Crippen LogP contribution is 2.16. The van der Waals surface area contributed by atoms with Crippen LogP contribution in [-0.4, -0.2) is 35.8 Å². The largest absolute Gasteiger partial charge is 0.508 e. The minimum atomic E-state index is 0.222. The molecule has 1 aliphatic rings. The Morgan fingerprint density at radius 2 is 1.42 bits per heavy atom. The average molecular weight is 511 g/mol. The molecule has 4 N–H and O–H groups in total. The second-order valence-electron chi connectivity index (χ2n) is 9.38. The third-order valence-corrected chi connectivity index (χ3v) is 6.20. The number of phenolic OH excluding ortho intramolecular Hbond substituents is 1. The van der Waals surface area contributed by atoms with Crippen molar-refractivity contribution in [2.75, 3.05) is 23.7 Å². The molecule has 0 aliphatic carbocycles. The quantitative estimate of drug-likeness (QED) is 0.173. The molecule has 0 radical (unpaired) electrons. The summed E-state index contributed by atoms with van der Waals surface area (Å²) in [7, 11) is 0. The zero-order valence-corrected chi connectivity index (χ0v) is 21.9. The molecule has 0 bridgehead atoms. The maximum absolute atomic E-state index is 9.62. The van der Waals surface area contributed by atoms with Crippen LogP contribution in [0.2, 0.25) is 0 Å². The van der Waals surface area contributed by atoms with Crippen LogP contribution in [0.25, 0.3) is 0 Å². The Bertz CT molecular complexity index is 1190. The summed E-state index contributed by atoms with van der Waals surface area (Å²) >= 11 is 0. The van der Waals surface area contributed by atoms with Gasteiger partial charge in [-0.15, -0.1) is 0 Å². The summed E-state index contributed by atoms with van der Waals surface area (Å²) in [6.45, 7) is 2.75. The molecule has 0 saturated heterocycles. The van der Waals surface area contributed by atoms with Crippen molar-refractivity contribution < 1.29 is 5.11 Å². The van der Waals surface area contributed by atoms with Crippen LogP contribution < -0.4 is 16.0 Å². The molecule has 0 saturated carbocycles. The van der Waals surface area contributed by atoms with E-state index in [2.05, 4.69) is 46.3 Å². The van der Waals surface area contributed by atoms with Crippen molar-refractivity contribution in [1.82, 2.24) is 5.32 Å². The van der Waals surface area contributed by atoms with E-state index in [0.29, 0.717) is 5.96 Å². The van der Waals surface area contributed by atoms with E-state index in [-0.39, 0.29) is 5.75 Å². The second kappa shape index (κ2) is 15.3. The third kappa shape index (κ3) is 9.82. The van der Waals surface area contributed by atoms with Crippen molar-refractivity contribution in [3.05, 3.63) is 90.5 Å². The van der Waals surface area contributed by atoms with Gasteiger partial charge in [-0.1, -0.05) is 61.4 Å². The summed E-state index contributed by atoms with van der Waals surface area (Å²) in [6.07, 6.45) is 7.13. The molecule has 1 aliphatic heterocycles. The van der Waals surface area contributed by atoms with E-state index < -0.39 is 0 Å². The fourth-order valence-corrected chi connectivity index (χ4v) is 4.18. The molecule has 0 fully saturated rings. The zero-order chi connectivity index (χ0) is 26.3. The monoisotopic (exact) mass is 510 g/mol. The van der Waals surface area contributed by atoms with E-state index in [1.54, 1.807) is 12.1 Å². The van der Waals surface area contributed by atoms with Crippen LogP contribution in [0.4, 0.5) is 11.4 Å². The van der Waals surface area contributed by atoms with E-state index in [9.17, 15) is 5.11 Å². The van der Waals surface area contributed by atoms with E-state index in [1.807, 2.05) is 42.5 Å². The van der Waals surface area contributed by atoms with Crippen molar-refractivity contribution in [2.45, 2.75) is 51.5 Å². The Balaban J connectivity index is 1.29. The number of benzene rings is 3. The first-order chi connectivity index (χ1) is 18.7. The molecule has 7 heteroatoms. The van der Waals surface area contributed by atoms with E-state index in [0.717, 1.165) is 74.8 Å². The lowest BCUT2D eigenvalue weighted by Crippen LogP contribution is -2.22. The molecule has 0 aromatic heterocycles. The summed E-state index contributed by atoms with van der Waals surface area (Å²) < 4.78 is 0. The Kier molecular flexibility index (Phi) is 10.9. The molecule has 198 valence electrons. The van der Waals surface area contributed by atoms with Crippen molar-refractivity contribution in [1.29, 1.82) is 0 Å². The number of unbranched alkanes of at least 4 members (excludes halogenated alkanes) is 3. The highest BCUT2D eigenvalue weighted by molar-refractivity contribution is 6.11. The third-order valence-electron chi connectivity index (χ3n) is 6.20. The molecule has 4 rings (SSSR count). The highest BCUT2D eigenvalue weighted by Gasteiger charge is 2.11. The van der Waals surface area contributed by atoms with E-state index >= 15 is 0 Å². The maximum Gasteiger partial charge on any atom is 0.230 e. The van der Waals surface area contributed by atoms with Gasteiger partial charge in [0.1, 0.15) is 17.4 Å². The predicted molar refractivity (Wildman–Crippen MR) is 159 cm³/mol. The van der Waals surface area contributed by atoms with E-state index in [1.165, 1.54) is 18.4 Å². The van der Waals surface area contributed by atoms with E-state index in [4.69, 9.17) is 15.0 Å². The molecule has 1 heterocycles. The number of nitrogens with zero attached hydrogens (tertiary/aromatic N) is 3. The Labute approximate surface area is 225 Å². The molecule has 3 aromatic rings. The lowest BCUT2D eigenvalue weighted by molar-refractivity contribution is 0.475. The number of amidine groups is 2. The van der Waals surface area contributed by atoms with Gasteiger partial charge in [0.15, 0.2) is 0 Å². The zero-order valence-electron chi connectivity index (χ0n) is 21.9. The fourth-order valence-electron chi connectivity index (χ4n) is 4.18. The first-order valence-electron chi connectivity index (χ1n) is 13.6. The number of nitrogens with one attached hydrogen (secondary N) is 3. The first kappa shape index (κ1) is 27.1. The normalized spacial score (nSPS) is 14.8. The molecule has 0 spiro atoms. The topological polar surface area (TPSA) is 93.4 Å². The van der Waals surface area contributed by atoms with Gasteiger partial charge >= 0.3 is 0 Å². The number of para-hydroxylation sites is 1. The second-order valence-corrected chi connectivity index (χ2v) is 9.38. The summed E-state index contributed by atoms with van der Waals surface area (Å²) in [5, 5.41) is 19.9. The maximum atomic E-state index is 9.62. The molecule has 0 amide bonds. The summed E-state index contributed by atoms with van der Waals surface area (Å²) in [5.74, 6) is 2.41. The van der Waals surface area contributed by atoms with Gasteiger partial charge < -0.3 is 21.1 Å². The summed E-state index contributed by atoms with van der Waals surface area (Å²) in [5.41, 5.74) is 3.14. The minimum absolute atomic E-state index is 0.222. The molecular formula is C31H38N6O. The van der Waals surface area contributed by atoms with Crippen LogP contribution in [0.5, 0.6) is 5.75 Å². The smallest absolute Gasteiger partial charge is 0.230 e. The van der Waals surface area contributed by atoms with Crippen molar-refractivity contribution in [2.24, 2.45) is 15.0 Å². The van der Waals surface area contributed by atoms with Crippen molar-refractivity contribution in [3.8, 4) is 5.75 Å². The molecule has 7 nitrogen and oxygen atoms in total. The molecule has 0 unspecified atom stereocenters. The SMILES string of the molecule is Oc1ccc(NC2=NC(=NCCCCCCNCc3ccccc3)CCCC(Nc3ccccc3)=N2)cc1. The minimum Gasteiger partial charge on any atom is -0.508 e. The Morgan fingerprint density at radius 1 is 0.711 bits per heavy atom. The molecule has 3 aromatic carbocycles. The highest BCUT2D eigenvalue weighted by atomic mass is 16.3. The fraction of sp³-hybridized carbons (Fsp3) is 0.323. The molecule has 0 atom stereocenters. The van der Waals surface area contributed by atoms with Gasteiger partial charge in [-0.05, 0) is 67.8 Å². The van der Waals surface area contributed by atoms with Gasteiger partial charge in [-0.3, -0.25) is 4.99 Å². The van der Waals surface area contributed by atoms with Crippen molar-refractivity contribution in [3.63, 3.8) is 0 Å². The standard InChI is InChI=1S/C31H38N6O/c38-28-20-18-27(19-21-28)35-31-36-29(16-11-17-30(37-31)34-26-14-7-4-8-15-26)33-23-10-2-1-9-22-32-24-25-12-5-3-6-13-25/h3-8,12-15,18-21,32,38H,1-2,9-11,16-17,22-24H2,(H2,33,34,35,36,37). The predicted octanol–water partition coefficient (Wildman–Crippen LogP) is 6.60. The Hall–Kier alpha value is -3.97. The van der Waals surface area contributed by atoms with Crippen molar-refractivity contribution >= 4 is 29.0 Å². The number of anilines is 2. The summed E-state index contributed by atoms with van der Waals surface area (Å²) in [4.78, 5) is 14.4. The number of rotatable bonds is 11. The Morgan fingerprint density at radius 3 is 2.21 bits per heavy atom. The average Bonchev–Trinajstić information content (AvgIpc) is 2.93. The van der Waals surface area contributed by atoms with Gasteiger partial charge in [0.05, 0.1) is 0 Å². The number of aliphatic imine (C=N–C) groups is 3. The number of guanidine groups is 1. The van der Waals surface area contributed by atoms with Crippen LogP contribution >= 0.6 is 0 Å². The van der Waals surface area contributed by atoms with Gasteiger partial charge in [0, 0.05) is 37.3 Å². The first-order valence-corrected chi connectivity index (χ1v) is 13.6. The lowest BCUT2D eigenvalue weighted by atomic mass is 10.1. The van der Waals surface area contributed by atoms with Gasteiger partial charge in [-0.2, -0.15) is 9.98 Å². The van der Waals surface area contributed by atoms with Crippen LogP contribution in [-0.2, 0) is 6.54 Å². The number of phenols is 1. The van der Waals surface area contributed by atoms with Crippen LogP contribution in [0.1, 0.15) is 50.5 Å². The van der Waals surface area contributed by atoms with Crippen LogP contribution in [0.15, 0.2) is 99.9 Å². The molecular weight excluding hydrogens is 472 g/mol. The number of aromatic hydroxyl groups is 1. The van der Waals surface area contributed by atoms with Gasteiger partial charge in [-0.25, -0.2) is 0 Å². The lowest BCUT2D eigenvalue weighted by Gasteiger charge is -2.15. The van der Waals surface area contributed by atoms with Gasteiger partial charge in [0.25, 0.3) is 0 Å². The van der Waals surface area contributed by atoms with Crippen LogP contribution in [0, 0.1) is 0 Å². The summed E-state index contributed by atoms with van der Waals surface area (Å²) in [6, 6.07) is 27.5. The molecule has 38 heavy (non-hydrogen) atoms. The number of hydrogen-bond donors (Lipinski definition) is 4. The number of hydrogen-bond acceptors (Lipinski definition) is 6. The van der Waals surface area contributed by atoms with Crippen LogP contribution in [0.3, 0.4) is 0 Å². The van der Waals surface area contributed by atoms with Gasteiger partial charge in [0.2, 0.25) is 5.96 Å².